The third-order valence-electron chi connectivity index (χ3n) is 3.65. The number of nitrogens with zero attached hydrogens (tertiary/aromatic N) is 2. The van der Waals surface area contributed by atoms with Gasteiger partial charge in [-0.05, 0) is 32.1 Å². The second-order valence-corrected chi connectivity index (χ2v) is 7.07. The highest BCUT2D eigenvalue weighted by molar-refractivity contribution is 5.79. The molecule has 1 aromatic heterocycles. The third kappa shape index (κ3) is 7.16. The number of ether oxygens (including phenoxy) is 1. The molecule has 0 fully saturated rings. The number of aryl methyl sites for hydroxylation is 1. The van der Waals surface area contributed by atoms with Gasteiger partial charge >= 0.3 is 0 Å². The summed E-state index contributed by atoms with van der Waals surface area (Å²) in [5.74, 6) is 1.16. The number of nitrogens with one attached hydrogen (secondary N) is 1. The minimum Gasteiger partial charge on any atom is -0.381 e. The molecule has 1 aromatic rings. The summed E-state index contributed by atoms with van der Waals surface area (Å²) in [4.78, 5) is 12.1. The predicted octanol–water partition coefficient (Wildman–Crippen LogP) is 2.88. The number of rotatable bonds is 10. The van der Waals surface area contributed by atoms with Crippen LogP contribution in [0, 0.1) is 25.7 Å². The zero-order valence-electron chi connectivity index (χ0n) is 15.6. The van der Waals surface area contributed by atoms with Gasteiger partial charge in [0.15, 0.2) is 0 Å². The summed E-state index contributed by atoms with van der Waals surface area (Å²) in [6, 6.07) is 0. The molecule has 0 radical (unpaired) electrons. The lowest BCUT2D eigenvalue weighted by Gasteiger charge is -2.09. The summed E-state index contributed by atoms with van der Waals surface area (Å²) in [5, 5.41) is 7.53. The van der Waals surface area contributed by atoms with Crippen LogP contribution in [-0.4, -0.2) is 35.4 Å². The molecule has 0 bridgehead atoms. The van der Waals surface area contributed by atoms with Gasteiger partial charge in [0, 0.05) is 37.6 Å². The van der Waals surface area contributed by atoms with Crippen LogP contribution in [0.5, 0.6) is 0 Å². The van der Waals surface area contributed by atoms with Crippen LogP contribution in [0.2, 0.25) is 0 Å². The fourth-order valence-electron chi connectivity index (χ4n) is 2.46. The summed E-state index contributed by atoms with van der Waals surface area (Å²) < 4.78 is 7.53. The number of aromatic nitrogens is 2. The van der Waals surface area contributed by atoms with E-state index in [-0.39, 0.29) is 5.91 Å². The molecule has 0 atom stereocenters. The second kappa shape index (κ2) is 9.71. The molecule has 1 N–H and O–H groups in total. The van der Waals surface area contributed by atoms with Crippen LogP contribution in [0.15, 0.2) is 0 Å². The Kier molecular flexibility index (Phi) is 8.31. The molecule has 1 amide bonds. The quantitative estimate of drug-likeness (QED) is 0.674. The Labute approximate surface area is 140 Å². The van der Waals surface area contributed by atoms with Crippen molar-refractivity contribution in [3.63, 3.8) is 0 Å². The van der Waals surface area contributed by atoms with Crippen LogP contribution in [0.25, 0.3) is 0 Å². The molecule has 23 heavy (non-hydrogen) atoms. The summed E-state index contributed by atoms with van der Waals surface area (Å²) in [6.45, 7) is 15.7. The average molecular weight is 323 g/mol. The maximum Gasteiger partial charge on any atom is 0.224 e. The van der Waals surface area contributed by atoms with E-state index in [1.807, 2.05) is 18.5 Å². The molecule has 0 spiro atoms. The van der Waals surface area contributed by atoms with Crippen LogP contribution in [-0.2, 0) is 22.5 Å². The minimum absolute atomic E-state index is 0.0594. The average Bonchev–Trinajstić information content (AvgIpc) is 2.69. The fourth-order valence-corrected chi connectivity index (χ4v) is 2.46. The maximum absolute atomic E-state index is 12.1. The molecule has 5 nitrogen and oxygen atoms in total. The molecular weight excluding hydrogens is 290 g/mol. The van der Waals surface area contributed by atoms with Gasteiger partial charge in [0.2, 0.25) is 5.91 Å². The maximum atomic E-state index is 12.1. The van der Waals surface area contributed by atoms with Crippen LogP contribution in [0.3, 0.4) is 0 Å². The normalized spacial score (nSPS) is 11.5. The standard InChI is InChI=1S/C18H33N3O2/c1-13(2)11-21-16(6)17(15(5)20-21)10-18(22)19-8-7-9-23-12-14(3)4/h13-14H,7-12H2,1-6H3,(H,19,22). The molecule has 132 valence electrons. The molecule has 0 saturated carbocycles. The third-order valence-corrected chi connectivity index (χ3v) is 3.65. The van der Waals surface area contributed by atoms with E-state index < -0.39 is 0 Å². The van der Waals surface area contributed by atoms with E-state index in [4.69, 9.17) is 4.74 Å². The lowest BCUT2D eigenvalue weighted by molar-refractivity contribution is -0.120. The molecule has 0 aromatic carbocycles. The van der Waals surface area contributed by atoms with Crippen molar-refractivity contribution in [1.29, 1.82) is 0 Å². The molecular formula is C18H33N3O2. The van der Waals surface area contributed by atoms with Crippen molar-refractivity contribution in [1.82, 2.24) is 15.1 Å². The van der Waals surface area contributed by atoms with Gasteiger partial charge in [-0.15, -0.1) is 0 Å². The Morgan fingerprint density at radius 1 is 1.22 bits per heavy atom. The lowest BCUT2D eigenvalue weighted by atomic mass is 10.1. The number of hydrogen-bond acceptors (Lipinski definition) is 3. The number of carbonyl (C=O) groups excluding carboxylic acids is 1. The number of hydrogen-bond donors (Lipinski definition) is 1. The van der Waals surface area contributed by atoms with E-state index in [0.29, 0.717) is 31.4 Å². The van der Waals surface area contributed by atoms with Crippen molar-refractivity contribution in [2.24, 2.45) is 11.8 Å². The van der Waals surface area contributed by atoms with Crippen molar-refractivity contribution in [2.75, 3.05) is 19.8 Å². The Morgan fingerprint density at radius 3 is 2.52 bits per heavy atom. The Balaban J connectivity index is 2.38. The lowest BCUT2D eigenvalue weighted by Crippen LogP contribution is -2.27. The fraction of sp³-hybridized carbons (Fsp3) is 0.778. The van der Waals surface area contributed by atoms with Gasteiger partial charge < -0.3 is 10.1 Å². The van der Waals surface area contributed by atoms with E-state index in [1.165, 1.54) is 0 Å². The smallest absolute Gasteiger partial charge is 0.224 e. The highest BCUT2D eigenvalue weighted by Gasteiger charge is 2.15. The van der Waals surface area contributed by atoms with Crippen molar-refractivity contribution in [2.45, 2.75) is 60.9 Å². The van der Waals surface area contributed by atoms with Gasteiger partial charge in [0.25, 0.3) is 0 Å². The highest BCUT2D eigenvalue weighted by Crippen LogP contribution is 2.15. The molecule has 0 aliphatic heterocycles. The summed E-state index contributed by atoms with van der Waals surface area (Å²) in [5.41, 5.74) is 3.12. The first kappa shape index (κ1) is 19.7. The predicted molar refractivity (Wildman–Crippen MR) is 93.5 cm³/mol. The van der Waals surface area contributed by atoms with Gasteiger partial charge in [-0.3, -0.25) is 9.48 Å². The van der Waals surface area contributed by atoms with Crippen molar-refractivity contribution in [3.8, 4) is 0 Å². The molecule has 0 aliphatic rings. The highest BCUT2D eigenvalue weighted by atomic mass is 16.5. The topological polar surface area (TPSA) is 56.2 Å². The van der Waals surface area contributed by atoms with Crippen LogP contribution >= 0.6 is 0 Å². The Hall–Kier alpha value is -1.36. The van der Waals surface area contributed by atoms with Crippen molar-refractivity contribution < 1.29 is 9.53 Å². The van der Waals surface area contributed by atoms with Gasteiger partial charge in [-0.25, -0.2) is 0 Å². The zero-order chi connectivity index (χ0) is 17.4. The first-order chi connectivity index (χ1) is 10.8. The number of amides is 1. The molecule has 0 saturated heterocycles. The molecule has 1 heterocycles. The van der Waals surface area contributed by atoms with E-state index in [9.17, 15) is 4.79 Å². The number of carbonyl (C=O) groups is 1. The summed E-state index contributed by atoms with van der Waals surface area (Å²) >= 11 is 0. The van der Waals surface area contributed by atoms with E-state index >= 15 is 0 Å². The zero-order valence-corrected chi connectivity index (χ0v) is 15.6. The van der Waals surface area contributed by atoms with E-state index in [1.54, 1.807) is 0 Å². The van der Waals surface area contributed by atoms with Crippen LogP contribution in [0.4, 0.5) is 0 Å². The van der Waals surface area contributed by atoms with Crippen LogP contribution < -0.4 is 5.32 Å². The molecule has 0 unspecified atom stereocenters. The first-order valence-electron chi connectivity index (χ1n) is 8.68. The van der Waals surface area contributed by atoms with Gasteiger partial charge in [-0.1, -0.05) is 27.7 Å². The second-order valence-electron chi connectivity index (χ2n) is 7.07. The van der Waals surface area contributed by atoms with Gasteiger partial charge in [0.1, 0.15) is 0 Å². The Bertz CT molecular complexity index is 493. The van der Waals surface area contributed by atoms with Gasteiger partial charge in [0.05, 0.1) is 12.1 Å². The van der Waals surface area contributed by atoms with Crippen molar-refractivity contribution >= 4 is 5.91 Å². The minimum atomic E-state index is 0.0594. The van der Waals surface area contributed by atoms with E-state index in [2.05, 4.69) is 38.1 Å². The summed E-state index contributed by atoms with van der Waals surface area (Å²) in [7, 11) is 0. The summed E-state index contributed by atoms with van der Waals surface area (Å²) in [6.07, 6.45) is 1.26. The molecule has 1 rings (SSSR count). The first-order valence-corrected chi connectivity index (χ1v) is 8.68. The van der Waals surface area contributed by atoms with Crippen molar-refractivity contribution in [3.05, 3.63) is 17.0 Å². The monoisotopic (exact) mass is 323 g/mol. The largest absolute Gasteiger partial charge is 0.381 e. The van der Waals surface area contributed by atoms with Gasteiger partial charge in [-0.2, -0.15) is 5.10 Å². The SMILES string of the molecule is Cc1nn(CC(C)C)c(C)c1CC(=O)NCCCOCC(C)C. The van der Waals surface area contributed by atoms with E-state index in [0.717, 1.165) is 36.5 Å². The molecule has 0 aliphatic carbocycles. The van der Waals surface area contributed by atoms with Crippen LogP contribution in [0.1, 0.15) is 51.1 Å². The Morgan fingerprint density at radius 2 is 1.91 bits per heavy atom. The molecule has 5 heteroatoms.